The summed E-state index contributed by atoms with van der Waals surface area (Å²) in [6.07, 6.45) is -2.66. The van der Waals surface area contributed by atoms with Gasteiger partial charge in [-0.05, 0) is 6.42 Å². The number of esters is 1. The summed E-state index contributed by atoms with van der Waals surface area (Å²) in [5.41, 5.74) is 4.96. The zero-order valence-corrected chi connectivity index (χ0v) is 6.22. The van der Waals surface area contributed by atoms with Gasteiger partial charge in [-0.25, -0.2) is 8.78 Å². The molecular formula is C6H11F2NO2. The number of carbonyl (C=O) groups is 1. The third-order valence-corrected chi connectivity index (χ3v) is 1.23. The average molecular weight is 167 g/mol. The van der Waals surface area contributed by atoms with E-state index in [1.54, 1.807) is 0 Å². The molecule has 0 radical (unpaired) electrons. The molecule has 0 spiro atoms. The lowest BCUT2D eigenvalue weighted by Gasteiger charge is -2.07. The first-order chi connectivity index (χ1) is 5.07. The van der Waals surface area contributed by atoms with Crippen LogP contribution in [0.15, 0.2) is 0 Å². The Kier molecular flexibility index (Phi) is 4.69. The van der Waals surface area contributed by atoms with Gasteiger partial charge >= 0.3 is 5.97 Å². The van der Waals surface area contributed by atoms with E-state index in [9.17, 15) is 13.6 Å². The lowest BCUT2D eigenvalue weighted by molar-refractivity contribution is -0.140. The van der Waals surface area contributed by atoms with Crippen molar-refractivity contribution in [1.29, 1.82) is 0 Å². The van der Waals surface area contributed by atoms with E-state index >= 15 is 0 Å². The van der Waals surface area contributed by atoms with Crippen LogP contribution in [0.3, 0.4) is 0 Å². The molecule has 5 heteroatoms. The van der Waals surface area contributed by atoms with Crippen molar-refractivity contribution in [3.63, 3.8) is 0 Å². The van der Waals surface area contributed by atoms with Gasteiger partial charge in [0.2, 0.25) is 0 Å². The Labute approximate surface area is 63.5 Å². The van der Waals surface area contributed by atoms with Crippen LogP contribution in [0.2, 0.25) is 0 Å². The number of methoxy groups -OCH3 is 1. The van der Waals surface area contributed by atoms with Crippen LogP contribution in [0.5, 0.6) is 0 Å². The molecule has 0 aromatic rings. The molecule has 3 nitrogen and oxygen atoms in total. The van der Waals surface area contributed by atoms with Gasteiger partial charge in [-0.1, -0.05) is 0 Å². The predicted octanol–water partition coefficient (Wildman–Crippen LogP) is 0.532. The molecule has 2 N–H and O–H groups in total. The molecule has 0 saturated heterocycles. The van der Waals surface area contributed by atoms with E-state index in [2.05, 4.69) is 4.74 Å². The Bertz CT molecular complexity index is 130. The van der Waals surface area contributed by atoms with Crippen LogP contribution in [-0.2, 0) is 9.53 Å². The number of rotatable bonds is 4. The topological polar surface area (TPSA) is 52.3 Å². The zero-order valence-electron chi connectivity index (χ0n) is 6.22. The monoisotopic (exact) mass is 167 g/mol. The minimum Gasteiger partial charge on any atom is -0.469 e. The lowest BCUT2D eigenvalue weighted by atomic mass is 10.2. The summed E-state index contributed by atoms with van der Waals surface area (Å²) in [4.78, 5) is 10.4. The fraction of sp³-hybridized carbons (Fsp3) is 0.833. The molecule has 0 saturated carbocycles. The Balaban J connectivity index is 3.45. The lowest BCUT2D eigenvalue weighted by Crippen LogP contribution is -2.29. The van der Waals surface area contributed by atoms with Crippen molar-refractivity contribution in [1.82, 2.24) is 0 Å². The smallest absolute Gasteiger partial charge is 0.305 e. The zero-order chi connectivity index (χ0) is 8.85. The number of halogens is 2. The van der Waals surface area contributed by atoms with Crippen LogP contribution in [0, 0.1) is 0 Å². The molecule has 0 rings (SSSR count). The standard InChI is InChI=1S/C6H11F2NO2/c1-11-5(10)3-2-4(9)6(7)8/h4,6H,2-3,9H2,1H3. The number of alkyl halides is 2. The summed E-state index contributed by atoms with van der Waals surface area (Å²) in [6.45, 7) is 0. The SMILES string of the molecule is COC(=O)CCC(N)C(F)F. The quantitative estimate of drug-likeness (QED) is 0.621. The predicted molar refractivity (Wildman–Crippen MR) is 35.2 cm³/mol. The number of hydrogen-bond donors (Lipinski definition) is 1. The summed E-state index contributed by atoms with van der Waals surface area (Å²) in [5, 5.41) is 0. The van der Waals surface area contributed by atoms with Crippen molar-refractivity contribution in [3.05, 3.63) is 0 Å². The van der Waals surface area contributed by atoms with Crippen molar-refractivity contribution in [2.45, 2.75) is 25.3 Å². The fourth-order valence-corrected chi connectivity index (χ4v) is 0.513. The van der Waals surface area contributed by atoms with Gasteiger partial charge in [-0.3, -0.25) is 4.79 Å². The van der Waals surface area contributed by atoms with Gasteiger partial charge < -0.3 is 10.5 Å². The molecule has 1 unspecified atom stereocenters. The molecule has 0 bridgehead atoms. The molecule has 66 valence electrons. The highest BCUT2D eigenvalue weighted by molar-refractivity contribution is 5.69. The molecule has 0 amide bonds. The first kappa shape index (κ1) is 10.3. The van der Waals surface area contributed by atoms with E-state index in [1.807, 2.05) is 0 Å². The molecule has 0 aliphatic carbocycles. The molecule has 0 aromatic carbocycles. The van der Waals surface area contributed by atoms with Gasteiger partial charge in [0.05, 0.1) is 13.2 Å². The highest BCUT2D eigenvalue weighted by atomic mass is 19.3. The van der Waals surface area contributed by atoms with Gasteiger partial charge in [0, 0.05) is 6.42 Å². The van der Waals surface area contributed by atoms with E-state index in [0.29, 0.717) is 0 Å². The minimum atomic E-state index is -2.57. The number of ether oxygens (including phenoxy) is 1. The van der Waals surface area contributed by atoms with Crippen molar-refractivity contribution in [2.75, 3.05) is 7.11 Å². The second-order valence-corrected chi connectivity index (χ2v) is 2.11. The average Bonchev–Trinajstić information content (AvgIpc) is 1.99. The second-order valence-electron chi connectivity index (χ2n) is 2.11. The van der Waals surface area contributed by atoms with Crippen molar-refractivity contribution < 1.29 is 18.3 Å². The van der Waals surface area contributed by atoms with Crippen LogP contribution in [-0.4, -0.2) is 25.5 Å². The summed E-state index contributed by atoms with van der Waals surface area (Å²) in [7, 11) is 1.20. The molecule has 0 aliphatic heterocycles. The molecule has 0 heterocycles. The Hall–Kier alpha value is -0.710. The van der Waals surface area contributed by atoms with E-state index in [4.69, 9.17) is 5.73 Å². The molecule has 0 aliphatic rings. The Morgan fingerprint density at radius 2 is 2.18 bits per heavy atom. The number of hydrogen-bond acceptors (Lipinski definition) is 3. The molecule has 0 aromatic heterocycles. The highest BCUT2D eigenvalue weighted by Gasteiger charge is 2.16. The van der Waals surface area contributed by atoms with E-state index in [0.717, 1.165) is 0 Å². The maximum Gasteiger partial charge on any atom is 0.305 e. The molecule has 0 fully saturated rings. The summed E-state index contributed by atoms with van der Waals surface area (Å²) in [6, 6.07) is -1.23. The Morgan fingerprint density at radius 3 is 2.55 bits per heavy atom. The van der Waals surface area contributed by atoms with Gasteiger partial charge in [0.1, 0.15) is 0 Å². The normalized spacial score (nSPS) is 13.2. The largest absolute Gasteiger partial charge is 0.469 e. The second kappa shape index (κ2) is 5.01. The van der Waals surface area contributed by atoms with Crippen LogP contribution in [0.25, 0.3) is 0 Å². The van der Waals surface area contributed by atoms with E-state index < -0.39 is 18.4 Å². The highest BCUT2D eigenvalue weighted by Crippen LogP contribution is 2.05. The molecule has 11 heavy (non-hydrogen) atoms. The fourth-order valence-electron chi connectivity index (χ4n) is 0.513. The van der Waals surface area contributed by atoms with Crippen LogP contribution in [0.1, 0.15) is 12.8 Å². The van der Waals surface area contributed by atoms with E-state index in [1.165, 1.54) is 7.11 Å². The van der Waals surface area contributed by atoms with Crippen molar-refractivity contribution in [3.8, 4) is 0 Å². The summed E-state index contributed by atoms with van der Waals surface area (Å²) < 4.78 is 27.7. The van der Waals surface area contributed by atoms with Crippen LogP contribution >= 0.6 is 0 Å². The van der Waals surface area contributed by atoms with Gasteiger partial charge in [0.25, 0.3) is 6.43 Å². The van der Waals surface area contributed by atoms with Crippen molar-refractivity contribution >= 4 is 5.97 Å². The third kappa shape index (κ3) is 4.66. The van der Waals surface area contributed by atoms with Gasteiger partial charge in [0.15, 0.2) is 0 Å². The van der Waals surface area contributed by atoms with E-state index in [-0.39, 0.29) is 12.8 Å². The van der Waals surface area contributed by atoms with Gasteiger partial charge in [-0.15, -0.1) is 0 Å². The van der Waals surface area contributed by atoms with Crippen LogP contribution < -0.4 is 5.73 Å². The van der Waals surface area contributed by atoms with Gasteiger partial charge in [-0.2, -0.15) is 0 Å². The Morgan fingerprint density at radius 1 is 1.64 bits per heavy atom. The third-order valence-electron chi connectivity index (χ3n) is 1.23. The molecule has 1 atom stereocenters. The number of nitrogens with two attached hydrogens (primary N) is 1. The first-order valence-electron chi connectivity index (χ1n) is 3.18. The van der Waals surface area contributed by atoms with Crippen molar-refractivity contribution in [2.24, 2.45) is 5.73 Å². The van der Waals surface area contributed by atoms with Crippen LogP contribution in [0.4, 0.5) is 8.78 Å². The molecular weight excluding hydrogens is 156 g/mol. The summed E-state index contributed by atoms with van der Waals surface area (Å²) in [5.74, 6) is -0.513. The maximum absolute atomic E-state index is 11.7. The number of carbonyl (C=O) groups excluding carboxylic acids is 1. The summed E-state index contributed by atoms with van der Waals surface area (Å²) >= 11 is 0. The first-order valence-corrected chi connectivity index (χ1v) is 3.18. The maximum atomic E-state index is 11.7. The minimum absolute atomic E-state index is 0.0374.